The number of carbonyl (C=O) groups excluding carboxylic acids is 1. The van der Waals surface area contributed by atoms with Crippen molar-refractivity contribution < 1.29 is 18.0 Å². The van der Waals surface area contributed by atoms with Gasteiger partial charge in [0.05, 0.1) is 17.7 Å². The summed E-state index contributed by atoms with van der Waals surface area (Å²) in [6.45, 7) is 1.59. The highest BCUT2D eigenvalue weighted by molar-refractivity contribution is 9.10. The number of amides is 1. The highest BCUT2D eigenvalue weighted by atomic mass is 79.9. The average molecular weight is 320 g/mol. The van der Waals surface area contributed by atoms with Crippen molar-refractivity contribution in [2.24, 2.45) is 0 Å². The maximum Gasteiger partial charge on any atom is 0.417 e. The molecule has 96 valence electrons. The molecule has 0 aliphatic rings. The molecular weight excluding hydrogens is 311 g/mol. The van der Waals surface area contributed by atoms with E-state index < -0.39 is 23.2 Å². The van der Waals surface area contributed by atoms with Gasteiger partial charge in [-0.25, -0.2) is 0 Å². The van der Waals surface area contributed by atoms with Crippen LogP contribution in [0.15, 0.2) is 22.7 Å². The van der Waals surface area contributed by atoms with Crippen LogP contribution in [0.1, 0.15) is 22.8 Å². The minimum absolute atomic E-state index is 0.0166. The van der Waals surface area contributed by atoms with Gasteiger partial charge in [0, 0.05) is 4.47 Å². The second-order valence-corrected chi connectivity index (χ2v) is 4.21. The fourth-order valence-corrected chi connectivity index (χ4v) is 1.62. The number of carbonyl (C=O) groups is 1. The summed E-state index contributed by atoms with van der Waals surface area (Å²) in [5.74, 6) is 4.29. The van der Waals surface area contributed by atoms with E-state index in [0.717, 1.165) is 12.1 Å². The van der Waals surface area contributed by atoms with E-state index in [9.17, 15) is 18.0 Å². The molecule has 18 heavy (non-hydrogen) atoms. The van der Waals surface area contributed by atoms with Gasteiger partial charge < -0.3 is 5.32 Å². The van der Waals surface area contributed by atoms with Gasteiger partial charge >= 0.3 is 6.18 Å². The standard InChI is InChI=1S/C12H9BrF3NO/c1-2-3-6-17-11(18)9-5-4-8(13)7-10(9)12(14,15)16/h4-5,7H,6H2,1H3,(H,17,18). The summed E-state index contributed by atoms with van der Waals surface area (Å²) < 4.78 is 38.5. The third kappa shape index (κ3) is 3.77. The van der Waals surface area contributed by atoms with Gasteiger partial charge in [-0.05, 0) is 25.1 Å². The molecule has 2 nitrogen and oxygen atoms in total. The van der Waals surface area contributed by atoms with E-state index in [1.54, 1.807) is 6.92 Å². The molecule has 1 amide bonds. The van der Waals surface area contributed by atoms with Gasteiger partial charge in [0.2, 0.25) is 0 Å². The highest BCUT2D eigenvalue weighted by Gasteiger charge is 2.35. The quantitative estimate of drug-likeness (QED) is 0.833. The Morgan fingerprint density at radius 2 is 2.11 bits per heavy atom. The van der Waals surface area contributed by atoms with Crippen molar-refractivity contribution in [2.45, 2.75) is 13.1 Å². The number of alkyl halides is 3. The largest absolute Gasteiger partial charge is 0.417 e. The van der Waals surface area contributed by atoms with Crippen LogP contribution in [0.2, 0.25) is 0 Å². The minimum Gasteiger partial charge on any atom is -0.341 e. The van der Waals surface area contributed by atoms with Crippen molar-refractivity contribution in [3.8, 4) is 11.8 Å². The number of hydrogen-bond donors (Lipinski definition) is 1. The van der Waals surface area contributed by atoms with Crippen LogP contribution >= 0.6 is 15.9 Å². The van der Waals surface area contributed by atoms with E-state index in [4.69, 9.17) is 0 Å². The molecule has 0 heterocycles. The van der Waals surface area contributed by atoms with E-state index >= 15 is 0 Å². The molecule has 0 saturated heterocycles. The minimum atomic E-state index is -4.58. The van der Waals surface area contributed by atoms with Crippen LogP contribution < -0.4 is 5.32 Å². The number of benzene rings is 1. The summed E-state index contributed by atoms with van der Waals surface area (Å²) in [5, 5.41) is 2.30. The molecule has 0 aromatic heterocycles. The van der Waals surface area contributed by atoms with E-state index in [2.05, 4.69) is 33.1 Å². The lowest BCUT2D eigenvalue weighted by Gasteiger charge is -2.12. The molecule has 0 aliphatic heterocycles. The van der Waals surface area contributed by atoms with Crippen molar-refractivity contribution in [3.05, 3.63) is 33.8 Å². The summed E-state index contributed by atoms with van der Waals surface area (Å²) in [6.07, 6.45) is -4.58. The molecule has 0 spiro atoms. The predicted molar refractivity (Wildman–Crippen MR) is 64.9 cm³/mol. The zero-order valence-electron chi connectivity index (χ0n) is 9.36. The maximum atomic E-state index is 12.7. The van der Waals surface area contributed by atoms with E-state index in [-0.39, 0.29) is 11.0 Å². The Labute approximate surface area is 111 Å². The van der Waals surface area contributed by atoms with Gasteiger partial charge in [0.25, 0.3) is 5.91 Å². The molecule has 0 unspecified atom stereocenters. The molecule has 0 fully saturated rings. The number of hydrogen-bond acceptors (Lipinski definition) is 1. The molecule has 0 aliphatic carbocycles. The first-order chi connectivity index (χ1) is 8.36. The third-order valence-electron chi connectivity index (χ3n) is 2.05. The normalized spacial score (nSPS) is 10.5. The SMILES string of the molecule is CC#CCNC(=O)c1ccc(Br)cc1C(F)(F)F. The lowest BCUT2D eigenvalue weighted by atomic mass is 10.1. The van der Waals surface area contributed by atoms with Gasteiger partial charge in [0.1, 0.15) is 0 Å². The zero-order valence-corrected chi connectivity index (χ0v) is 10.9. The Kier molecular flexibility index (Phi) is 4.79. The summed E-state index contributed by atoms with van der Waals surface area (Å²) in [4.78, 5) is 11.6. The molecule has 1 rings (SSSR count). The van der Waals surface area contributed by atoms with Crippen molar-refractivity contribution in [2.75, 3.05) is 6.54 Å². The monoisotopic (exact) mass is 319 g/mol. The van der Waals surface area contributed by atoms with Crippen molar-refractivity contribution in [1.82, 2.24) is 5.32 Å². The Morgan fingerprint density at radius 3 is 2.67 bits per heavy atom. The Morgan fingerprint density at radius 1 is 1.44 bits per heavy atom. The summed E-state index contributed by atoms with van der Waals surface area (Å²) in [7, 11) is 0. The van der Waals surface area contributed by atoms with Gasteiger partial charge in [0.15, 0.2) is 0 Å². The summed E-state index contributed by atoms with van der Waals surface area (Å²) in [5.41, 5.74) is -1.39. The topological polar surface area (TPSA) is 29.1 Å². The molecule has 0 atom stereocenters. The predicted octanol–water partition coefficient (Wildman–Crippen LogP) is 3.22. The molecule has 0 radical (unpaired) electrons. The number of rotatable bonds is 2. The van der Waals surface area contributed by atoms with Crippen LogP contribution in [0.25, 0.3) is 0 Å². The maximum absolute atomic E-state index is 12.7. The van der Waals surface area contributed by atoms with Crippen LogP contribution in [-0.2, 0) is 6.18 Å². The number of nitrogens with one attached hydrogen (secondary N) is 1. The summed E-state index contributed by atoms with van der Waals surface area (Å²) in [6, 6.07) is 3.39. The van der Waals surface area contributed by atoms with Crippen molar-refractivity contribution >= 4 is 21.8 Å². The lowest BCUT2D eigenvalue weighted by Crippen LogP contribution is -2.26. The van der Waals surface area contributed by atoms with E-state index in [1.807, 2.05) is 0 Å². The van der Waals surface area contributed by atoms with Crippen LogP contribution in [0.4, 0.5) is 13.2 Å². The smallest absolute Gasteiger partial charge is 0.341 e. The second kappa shape index (κ2) is 5.91. The second-order valence-electron chi connectivity index (χ2n) is 3.30. The van der Waals surface area contributed by atoms with Crippen LogP contribution in [0, 0.1) is 11.8 Å². The molecular formula is C12H9BrF3NO. The van der Waals surface area contributed by atoms with Crippen LogP contribution in [0.5, 0.6) is 0 Å². The van der Waals surface area contributed by atoms with Crippen LogP contribution in [-0.4, -0.2) is 12.5 Å². The first kappa shape index (κ1) is 14.6. The molecule has 1 N–H and O–H groups in total. The lowest BCUT2D eigenvalue weighted by molar-refractivity contribution is -0.138. The molecule has 1 aromatic rings. The zero-order chi connectivity index (χ0) is 13.8. The van der Waals surface area contributed by atoms with Gasteiger partial charge in [-0.3, -0.25) is 4.79 Å². The third-order valence-corrected chi connectivity index (χ3v) is 2.54. The average Bonchev–Trinajstić information content (AvgIpc) is 2.28. The number of halogens is 4. The molecule has 0 bridgehead atoms. The fraction of sp³-hybridized carbons (Fsp3) is 0.250. The Hall–Kier alpha value is -1.48. The van der Waals surface area contributed by atoms with Gasteiger partial charge in [-0.2, -0.15) is 13.2 Å². The molecule has 6 heteroatoms. The first-order valence-corrected chi connectivity index (χ1v) is 5.70. The fourth-order valence-electron chi connectivity index (χ4n) is 1.26. The Balaban J connectivity index is 3.07. The highest BCUT2D eigenvalue weighted by Crippen LogP contribution is 2.33. The first-order valence-electron chi connectivity index (χ1n) is 4.91. The van der Waals surface area contributed by atoms with Gasteiger partial charge in [-0.1, -0.05) is 21.9 Å². The summed E-state index contributed by atoms with van der Waals surface area (Å²) >= 11 is 2.95. The van der Waals surface area contributed by atoms with E-state index in [1.165, 1.54) is 6.07 Å². The molecule has 1 aromatic carbocycles. The molecule has 0 saturated carbocycles. The van der Waals surface area contributed by atoms with E-state index in [0.29, 0.717) is 0 Å². The van der Waals surface area contributed by atoms with Gasteiger partial charge in [-0.15, -0.1) is 5.92 Å². The van der Waals surface area contributed by atoms with Crippen molar-refractivity contribution in [1.29, 1.82) is 0 Å². The van der Waals surface area contributed by atoms with Crippen LogP contribution in [0.3, 0.4) is 0 Å². The Bertz CT molecular complexity index is 514. The van der Waals surface area contributed by atoms with Crippen molar-refractivity contribution in [3.63, 3.8) is 0 Å².